The third-order valence-corrected chi connectivity index (χ3v) is 11.1. The molecule has 0 saturated carbocycles. The summed E-state index contributed by atoms with van der Waals surface area (Å²) in [5.41, 5.74) is 0.0323. The van der Waals surface area contributed by atoms with Gasteiger partial charge in [-0.3, -0.25) is 0 Å². The summed E-state index contributed by atoms with van der Waals surface area (Å²) >= 11 is 0. The van der Waals surface area contributed by atoms with Crippen LogP contribution in [0.2, 0.25) is 0 Å². The van der Waals surface area contributed by atoms with Gasteiger partial charge in [-0.25, -0.2) is 21.6 Å². The number of carbonyl (C=O) groups is 1. The largest absolute Gasteiger partial charge is 0.466 e. The first-order chi connectivity index (χ1) is 17.2. The smallest absolute Gasteiger partial charge is 0.333 e. The van der Waals surface area contributed by atoms with Gasteiger partial charge in [0.15, 0.2) is 24.3 Å². The number of ether oxygens (including phenoxy) is 1. The molecule has 36 heavy (non-hydrogen) atoms. The molecule has 1 atom stereocenters. The highest BCUT2D eigenvalue weighted by atomic mass is 32.3. The van der Waals surface area contributed by atoms with Gasteiger partial charge in [-0.15, -0.1) is 0 Å². The molecule has 6 nitrogen and oxygen atoms in total. The van der Waals surface area contributed by atoms with Gasteiger partial charge in [0.2, 0.25) is 0 Å². The predicted molar refractivity (Wildman–Crippen MR) is 139 cm³/mol. The number of hydrogen-bond acceptors (Lipinski definition) is 6. The molecule has 4 aromatic rings. The molecule has 4 aromatic carbocycles. The van der Waals surface area contributed by atoms with Crippen molar-refractivity contribution in [3.05, 3.63) is 121 Å². The van der Waals surface area contributed by atoms with Crippen LogP contribution in [-0.4, -0.2) is 34.5 Å². The standard InChI is InChI=1S/C28H24O6S2/c1-20(27(29)34-2)26(23-18-17-21-11-9-10-12-22(21)19-23)28(35(30,31)24-13-5-3-6-14-24)36(32,33)25-15-7-4-8-16-25/h3-19,26,28H,1H2,2H3. The Kier molecular flexibility index (Phi) is 7.10. The number of fused-ring (bicyclic) bond motifs is 1. The van der Waals surface area contributed by atoms with Crippen LogP contribution in [0.5, 0.6) is 0 Å². The average molecular weight is 521 g/mol. The van der Waals surface area contributed by atoms with Crippen molar-refractivity contribution in [2.45, 2.75) is 20.3 Å². The highest BCUT2D eigenvalue weighted by molar-refractivity contribution is 8.09. The first-order valence-electron chi connectivity index (χ1n) is 11.0. The Bertz CT molecular complexity index is 1560. The molecule has 0 bridgehead atoms. The maximum absolute atomic E-state index is 14.1. The minimum Gasteiger partial charge on any atom is -0.466 e. The van der Waals surface area contributed by atoms with Gasteiger partial charge in [0.05, 0.1) is 16.9 Å². The number of sulfone groups is 2. The number of esters is 1. The van der Waals surface area contributed by atoms with Gasteiger partial charge in [0.1, 0.15) is 0 Å². The van der Waals surface area contributed by atoms with E-state index in [0.717, 1.165) is 17.9 Å². The summed E-state index contributed by atoms with van der Waals surface area (Å²) in [7, 11) is -7.97. The van der Waals surface area contributed by atoms with Gasteiger partial charge in [0.25, 0.3) is 0 Å². The molecule has 0 aliphatic carbocycles. The highest BCUT2D eigenvalue weighted by Crippen LogP contribution is 2.40. The molecule has 1 unspecified atom stereocenters. The molecule has 0 fully saturated rings. The SMILES string of the molecule is C=C(C(=O)OC)C(c1ccc2ccccc2c1)C(S(=O)(=O)c1ccccc1)S(=O)(=O)c1ccccc1. The van der Waals surface area contributed by atoms with E-state index >= 15 is 0 Å². The van der Waals surface area contributed by atoms with Crippen molar-refractivity contribution in [2.75, 3.05) is 7.11 Å². The number of carbonyl (C=O) groups excluding carboxylic acids is 1. The second-order valence-electron chi connectivity index (χ2n) is 8.19. The van der Waals surface area contributed by atoms with E-state index in [4.69, 9.17) is 4.74 Å². The second kappa shape index (κ2) is 10.1. The van der Waals surface area contributed by atoms with Crippen LogP contribution in [0.25, 0.3) is 10.8 Å². The molecule has 0 radical (unpaired) electrons. The van der Waals surface area contributed by atoms with Gasteiger partial charge < -0.3 is 4.74 Å². The van der Waals surface area contributed by atoms with Crippen LogP contribution in [0.15, 0.2) is 125 Å². The zero-order chi connectivity index (χ0) is 25.9. The quantitative estimate of drug-likeness (QED) is 0.242. The Morgan fingerprint density at radius 3 is 1.67 bits per heavy atom. The Balaban J connectivity index is 2.05. The van der Waals surface area contributed by atoms with E-state index in [9.17, 15) is 21.6 Å². The Morgan fingerprint density at radius 2 is 1.17 bits per heavy atom. The first-order valence-corrected chi connectivity index (χ1v) is 14.1. The van der Waals surface area contributed by atoms with E-state index in [2.05, 4.69) is 6.58 Å². The number of rotatable bonds is 8. The molecule has 0 amide bonds. The number of hydrogen-bond donors (Lipinski definition) is 0. The van der Waals surface area contributed by atoms with Crippen molar-refractivity contribution in [1.82, 2.24) is 0 Å². The molecule has 0 saturated heterocycles. The molecule has 4 rings (SSSR count). The molecule has 0 aliphatic heterocycles. The van der Waals surface area contributed by atoms with E-state index < -0.39 is 36.1 Å². The minimum atomic E-state index is -4.55. The van der Waals surface area contributed by atoms with Crippen molar-refractivity contribution in [2.24, 2.45) is 0 Å². The molecular formula is C28H24O6S2. The summed E-state index contributed by atoms with van der Waals surface area (Å²) in [6.45, 7) is 3.81. The molecular weight excluding hydrogens is 496 g/mol. The van der Waals surface area contributed by atoms with Crippen molar-refractivity contribution < 1.29 is 26.4 Å². The van der Waals surface area contributed by atoms with E-state index in [0.29, 0.717) is 5.56 Å². The van der Waals surface area contributed by atoms with Crippen molar-refractivity contribution in [3.8, 4) is 0 Å². The third-order valence-electron chi connectivity index (χ3n) is 5.98. The van der Waals surface area contributed by atoms with Gasteiger partial charge in [-0.1, -0.05) is 85.4 Å². The fourth-order valence-electron chi connectivity index (χ4n) is 4.20. The molecule has 0 aliphatic rings. The molecule has 184 valence electrons. The lowest BCUT2D eigenvalue weighted by molar-refractivity contribution is -0.136. The number of methoxy groups -OCH3 is 1. The fraction of sp³-hybridized carbons (Fsp3) is 0.107. The first kappa shape index (κ1) is 25.3. The lowest BCUT2D eigenvalue weighted by Gasteiger charge is -2.28. The lowest BCUT2D eigenvalue weighted by Crippen LogP contribution is -2.38. The van der Waals surface area contributed by atoms with Crippen LogP contribution >= 0.6 is 0 Å². The lowest BCUT2D eigenvalue weighted by atomic mass is 9.91. The van der Waals surface area contributed by atoms with E-state index in [-0.39, 0.29) is 15.4 Å². The van der Waals surface area contributed by atoms with Gasteiger partial charge in [-0.2, -0.15) is 0 Å². The Morgan fingerprint density at radius 1 is 0.694 bits per heavy atom. The minimum absolute atomic E-state index is 0.182. The summed E-state index contributed by atoms with van der Waals surface area (Å²) in [4.78, 5) is 12.3. The fourth-order valence-corrected chi connectivity index (χ4v) is 9.17. The van der Waals surface area contributed by atoms with Crippen LogP contribution in [-0.2, 0) is 29.2 Å². The van der Waals surface area contributed by atoms with E-state index in [1.165, 1.54) is 48.5 Å². The average Bonchev–Trinajstić information content (AvgIpc) is 2.91. The van der Waals surface area contributed by atoms with Crippen LogP contribution < -0.4 is 0 Å². The van der Waals surface area contributed by atoms with Crippen molar-refractivity contribution in [1.29, 1.82) is 0 Å². The predicted octanol–water partition coefficient (Wildman–Crippen LogP) is 4.93. The maximum Gasteiger partial charge on any atom is 0.333 e. The summed E-state index contributed by atoms with van der Waals surface area (Å²) in [6.07, 6.45) is 0. The Labute approximate surface area is 210 Å². The number of benzene rings is 4. The van der Waals surface area contributed by atoms with E-state index in [1.54, 1.807) is 30.3 Å². The van der Waals surface area contributed by atoms with Gasteiger partial charge in [0, 0.05) is 11.5 Å². The summed E-state index contributed by atoms with van der Waals surface area (Å²) in [5, 5.41) is 1.63. The third kappa shape index (κ3) is 4.69. The van der Waals surface area contributed by atoms with E-state index in [1.807, 2.05) is 24.3 Å². The van der Waals surface area contributed by atoms with Crippen LogP contribution in [0.3, 0.4) is 0 Å². The zero-order valence-electron chi connectivity index (χ0n) is 19.4. The summed E-state index contributed by atoms with van der Waals surface area (Å²) in [6, 6.07) is 27.1. The summed E-state index contributed by atoms with van der Waals surface area (Å²) in [5.74, 6) is -2.35. The summed E-state index contributed by atoms with van der Waals surface area (Å²) < 4.78 is 59.1. The monoisotopic (exact) mass is 520 g/mol. The molecule has 0 aromatic heterocycles. The second-order valence-corrected chi connectivity index (χ2v) is 12.6. The van der Waals surface area contributed by atoms with Crippen molar-refractivity contribution in [3.63, 3.8) is 0 Å². The van der Waals surface area contributed by atoms with Gasteiger partial charge in [-0.05, 0) is 40.6 Å². The highest BCUT2D eigenvalue weighted by Gasteiger charge is 2.48. The van der Waals surface area contributed by atoms with Gasteiger partial charge >= 0.3 is 5.97 Å². The Hall–Kier alpha value is -3.75. The zero-order valence-corrected chi connectivity index (χ0v) is 21.1. The maximum atomic E-state index is 14.1. The van der Waals surface area contributed by atoms with Crippen LogP contribution in [0, 0.1) is 0 Å². The normalized spacial score (nSPS) is 12.8. The van der Waals surface area contributed by atoms with Crippen LogP contribution in [0.4, 0.5) is 0 Å². The molecule has 0 spiro atoms. The topological polar surface area (TPSA) is 94.6 Å². The molecule has 0 heterocycles. The van der Waals surface area contributed by atoms with Crippen LogP contribution in [0.1, 0.15) is 11.5 Å². The molecule has 8 heteroatoms. The van der Waals surface area contributed by atoms with Crippen molar-refractivity contribution >= 4 is 36.4 Å². The molecule has 0 N–H and O–H groups in total.